The minimum Gasteiger partial charge on any atom is -0.733 e. The molecule has 0 spiro atoms. The van der Waals surface area contributed by atoms with E-state index in [0.717, 1.165) is 11.8 Å². The number of nitrogens with two attached hydrogens (primary N) is 1. The van der Waals surface area contributed by atoms with Gasteiger partial charge < -0.3 is 20.9 Å². The Balaban J connectivity index is 2.94. The fourth-order valence-corrected chi connectivity index (χ4v) is 1.80. The van der Waals surface area contributed by atoms with Gasteiger partial charge in [0, 0.05) is 5.56 Å². The van der Waals surface area contributed by atoms with Crippen molar-refractivity contribution in [2.45, 2.75) is 6.92 Å². The molecule has 0 saturated heterocycles. The average Bonchev–Trinajstić information content (AvgIpc) is 2.36. The first-order chi connectivity index (χ1) is 8.95. The van der Waals surface area contributed by atoms with Crippen LogP contribution in [-0.2, 0) is 0 Å². The summed E-state index contributed by atoms with van der Waals surface area (Å²) in [7, 11) is 0. The second kappa shape index (κ2) is 6.98. The molecule has 0 aliphatic carbocycles. The lowest BCUT2D eigenvalue weighted by molar-refractivity contribution is 0.102. The Labute approximate surface area is 114 Å². The van der Waals surface area contributed by atoms with Gasteiger partial charge in [-0.3, -0.25) is 15.4 Å². The highest BCUT2D eigenvalue weighted by molar-refractivity contribution is 8.14. The number of anilines is 1. The van der Waals surface area contributed by atoms with Crippen LogP contribution in [0.15, 0.2) is 18.2 Å². The van der Waals surface area contributed by atoms with Gasteiger partial charge in [-0.2, -0.15) is 0 Å². The monoisotopic (exact) mass is 284 g/mol. The molecule has 0 bridgehead atoms. The second-order valence-electron chi connectivity index (χ2n) is 3.46. The molecule has 0 aliphatic heterocycles. The van der Waals surface area contributed by atoms with Gasteiger partial charge in [-0.25, -0.2) is 0 Å². The largest absolute Gasteiger partial charge is 0.733 e. The number of nitrogens with zero attached hydrogens (tertiary/aromatic N) is 1. The molecular weight excluding hydrogens is 270 g/mol. The molecule has 0 aliphatic rings. The fraction of sp³-hybridized carbons (Fsp3) is 0.273. The van der Waals surface area contributed by atoms with E-state index in [1.807, 2.05) is 0 Å². The molecule has 1 aromatic rings. The van der Waals surface area contributed by atoms with Gasteiger partial charge in [-0.1, -0.05) is 11.8 Å². The number of benzene rings is 1. The van der Waals surface area contributed by atoms with Crippen LogP contribution in [0.25, 0.3) is 0 Å². The summed E-state index contributed by atoms with van der Waals surface area (Å²) in [5.74, 6) is -0.116. The Morgan fingerprint density at radius 3 is 2.84 bits per heavy atom. The molecule has 1 rings (SSSR count). The Morgan fingerprint density at radius 1 is 1.63 bits per heavy atom. The number of carbonyl (C=O) groups excluding carboxylic acids is 1. The highest BCUT2D eigenvalue weighted by atomic mass is 32.2. The summed E-state index contributed by atoms with van der Waals surface area (Å²) in [5.41, 5.74) is 5.24. The number of ketones is 1. The average molecular weight is 284 g/mol. The van der Waals surface area contributed by atoms with Gasteiger partial charge in [-0.15, -0.1) is 0 Å². The molecule has 8 heteroatoms. The number of hydrogen-bond donors (Lipinski definition) is 3. The first-order valence-corrected chi connectivity index (χ1v) is 6.37. The zero-order valence-corrected chi connectivity index (χ0v) is 11.1. The molecule has 4 N–H and O–H groups in total. The van der Waals surface area contributed by atoms with Gasteiger partial charge in [0.05, 0.1) is 18.0 Å². The van der Waals surface area contributed by atoms with E-state index < -0.39 is 0 Å². The zero-order valence-electron chi connectivity index (χ0n) is 10.3. The van der Waals surface area contributed by atoms with Crippen LogP contribution in [0.3, 0.4) is 0 Å². The van der Waals surface area contributed by atoms with Gasteiger partial charge in [0.1, 0.15) is 5.75 Å². The third-order valence-corrected chi connectivity index (χ3v) is 2.86. The molecular formula is C11H14N3O4S-. The van der Waals surface area contributed by atoms with Crippen molar-refractivity contribution in [3.63, 3.8) is 0 Å². The Hall–Kier alpha value is -1.77. The zero-order chi connectivity index (χ0) is 14.4. The minimum atomic E-state index is -0.347. The minimum absolute atomic E-state index is 0.00690. The van der Waals surface area contributed by atoms with E-state index in [4.69, 9.17) is 21.1 Å². The van der Waals surface area contributed by atoms with Crippen molar-refractivity contribution in [3.05, 3.63) is 29.0 Å². The van der Waals surface area contributed by atoms with Crippen molar-refractivity contribution in [2.75, 3.05) is 17.6 Å². The molecule has 0 saturated carbocycles. The molecule has 0 fully saturated rings. The SMILES string of the molecule is CCOc1ccc(C(=O)CSC(=N)N)cc1N([O-])O. The lowest BCUT2D eigenvalue weighted by atomic mass is 10.1. The first-order valence-electron chi connectivity index (χ1n) is 5.38. The van der Waals surface area contributed by atoms with E-state index in [9.17, 15) is 10.0 Å². The van der Waals surface area contributed by atoms with Gasteiger partial charge >= 0.3 is 0 Å². The molecule has 0 amide bonds. The van der Waals surface area contributed by atoms with E-state index >= 15 is 0 Å². The number of amidine groups is 1. The van der Waals surface area contributed by atoms with Gasteiger partial charge in [0.15, 0.2) is 11.0 Å². The number of ether oxygens (including phenoxy) is 1. The van der Waals surface area contributed by atoms with Crippen molar-refractivity contribution < 1.29 is 14.7 Å². The molecule has 0 unspecified atom stereocenters. The molecule has 104 valence electrons. The smallest absolute Gasteiger partial charge is 0.173 e. The molecule has 7 nitrogen and oxygen atoms in total. The van der Waals surface area contributed by atoms with E-state index in [2.05, 4.69) is 0 Å². The van der Waals surface area contributed by atoms with Crippen molar-refractivity contribution in [1.82, 2.24) is 0 Å². The standard InChI is InChI=1S/C11H14N3O4S/c1-2-18-10-4-3-7(5-8(10)14(16)17)9(15)6-19-11(12)13/h3-5,16H,2,6H2,1H3,(H3,12,13)/q-1. The lowest BCUT2D eigenvalue weighted by Gasteiger charge is -2.24. The van der Waals surface area contributed by atoms with Crippen LogP contribution in [0, 0.1) is 10.6 Å². The molecule has 0 heterocycles. The van der Waals surface area contributed by atoms with Crippen LogP contribution in [0.1, 0.15) is 17.3 Å². The van der Waals surface area contributed by atoms with E-state index in [0.29, 0.717) is 6.61 Å². The van der Waals surface area contributed by atoms with E-state index in [-0.39, 0.29) is 38.9 Å². The highest BCUT2D eigenvalue weighted by Crippen LogP contribution is 2.28. The Kier molecular flexibility index (Phi) is 5.61. The maximum absolute atomic E-state index is 11.8. The Bertz CT molecular complexity index is 479. The Morgan fingerprint density at radius 2 is 2.32 bits per heavy atom. The molecule has 0 aromatic heterocycles. The van der Waals surface area contributed by atoms with Crippen LogP contribution in [0.5, 0.6) is 5.75 Å². The molecule has 1 aromatic carbocycles. The van der Waals surface area contributed by atoms with Crippen LogP contribution < -0.4 is 15.7 Å². The number of rotatable bonds is 6. The van der Waals surface area contributed by atoms with Crippen LogP contribution in [0.2, 0.25) is 0 Å². The van der Waals surface area contributed by atoms with Crippen LogP contribution in [-0.4, -0.2) is 28.5 Å². The third kappa shape index (κ3) is 4.43. The second-order valence-corrected chi connectivity index (χ2v) is 4.48. The van der Waals surface area contributed by atoms with Crippen LogP contribution >= 0.6 is 11.8 Å². The summed E-state index contributed by atoms with van der Waals surface area (Å²) < 4.78 is 5.16. The van der Waals surface area contributed by atoms with E-state index in [1.54, 1.807) is 6.92 Å². The number of hydrogen-bond acceptors (Lipinski definition) is 7. The van der Waals surface area contributed by atoms with Crippen LogP contribution in [0.4, 0.5) is 5.69 Å². The molecule has 19 heavy (non-hydrogen) atoms. The highest BCUT2D eigenvalue weighted by Gasteiger charge is 2.12. The third-order valence-electron chi connectivity index (χ3n) is 2.15. The summed E-state index contributed by atoms with van der Waals surface area (Å²) in [4.78, 5) is 11.8. The predicted molar refractivity (Wildman–Crippen MR) is 73.9 cm³/mol. The van der Waals surface area contributed by atoms with E-state index in [1.165, 1.54) is 18.2 Å². The molecule has 0 radical (unpaired) electrons. The number of Topliss-reactive ketones (excluding diaryl/α,β-unsaturated/α-hetero) is 1. The molecule has 0 atom stereocenters. The van der Waals surface area contributed by atoms with Crippen molar-refractivity contribution in [2.24, 2.45) is 5.73 Å². The summed E-state index contributed by atoms with van der Waals surface area (Å²) in [6.45, 7) is 2.06. The van der Waals surface area contributed by atoms with Crippen molar-refractivity contribution in [1.29, 1.82) is 5.41 Å². The van der Waals surface area contributed by atoms with Gasteiger partial charge in [-0.05, 0) is 25.1 Å². The van der Waals surface area contributed by atoms with Gasteiger partial charge in [0.25, 0.3) is 0 Å². The van der Waals surface area contributed by atoms with Gasteiger partial charge in [0.2, 0.25) is 0 Å². The number of thioether (sulfide) groups is 1. The normalized spacial score (nSPS) is 10.1. The summed E-state index contributed by atoms with van der Waals surface area (Å²) >= 11 is 0.889. The van der Waals surface area contributed by atoms with Crippen molar-refractivity contribution in [3.8, 4) is 5.75 Å². The quantitative estimate of drug-likeness (QED) is 0.313. The predicted octanol–water partition coefficient (Wildman–Crippen LogP) is 1.59. The van der Waals surface area contributed by atoms with Crippen molar-refractivity contribution >= 4 is 28.4 Å². The maximum Gasteiger partial charge on any atom is 0.173 e. The summed E-state index contributed by atoms with van der Waals surface area (Å²) in [6.07, 6.45) is 0. The summed E-state index contributed by atoms with van der Waals surface area (Å²) in [6, 6.07) is 4.16. The maximum atomic E-state index is 11.8. The number of carbonyl (C=O) groups is 1. The number of nitrogens with one attached hydrogen (secondary N) is 1. The fourth-order valence-electron chi connectivity index (χ4n) is 1.34. The summed E-state index contributed by atoms with van der Waals surface area (Å²) in [5, 5.41) is 26.5. The lowest BCUT2D eigenvalue weighted by Crippen LogP contribution is -2.13. The topological polar surface area (TPSA) is 123 Å². The first kappa shape index (κ1) is 15.3.